The maximum atomic E-state index is 13.6. The lowest BCUT2D eigenvalue weighted by atomic mass is 9.93. The third-order valence-corrected chi connectivity index (χ3v) is 4.97. The fraction of sp³-hybridized carbons (Fsp3) is 0.708. The predicted octanol–water partition coefficient (Wildman–Crippen LogP) is 6.26. The number of nitrogens with one attached hydrogen (secondary N) is 1. The molecule has 0 bridgehead atoms. The summed E-state index contributed by atoms with van der Waals surface area (Å²) in [5, 5.41) is 12.4. The van der Waals surface area contributed by atoms with E-state index in [0.29, 0.717) is 12.0 Å². The number of unbranched alkanes of at least 4 members (excludes halogenated alkanes) is 4. The number of rotatable bonds is 12. The number of hydrogen-bond donors (Lipinski definition) is 2. The topological polar surface area (TPSA) is 67.8 Å². The standard InChI is InChI=1S/C24H38F3NO4/c1-6-7-8-9-10-15-31-20-12-11-18(16-19(20)24(25,26)27)13-14-23(5,17-29)28-21(30)32-22(2,3)4/h11-12,16,29H,6-10,13-15,17H2,1-5H3,(H,28,30)/t23-/m0/s1. The number of aliphatic hydroxyl groups excluding tert-OH is 1. The zero-order valence-corrected chi connectivity index (χ0v) is 19.9. The third-order valence-electron chi connectivity index (χ3n) is 4.97. The van der Waals surface area contributed by atoms with E-state index in [4.69, 9.17) is 9.47 Å². The van der Waals surface area contributed by atoms with Gasteiger partial charge in [0.1, 0.15) is 11.4 Å². The average molecular weight is 462 g/mol. The molecule has 1 rings (SSSR count). The number of aryl methyl sites for hydroxylation is 1. The maximum Gasteiger partial charge on any atom is 0.419 e. The van der Waals surface area contributed by atoms with E-state index in [9.17, 15) is 23.1 Å². The van der Waals surface area contributed by atoms with Gasteiger partial charge in [-0.25, -0.2) is 4.79 Å². The van der Waals surface area contributed by atoms with Crippen LogP contribution in [0.4, 0.5) is 18.0 Å². The molecule has 5 nitrogen and oxygen atoms in total. The molecule has 0 saturated heterocycles. The van der Waals surface area contributed by atoms with Gasteiger partial charge >= 0.3 is 12.3 Å². The summed E-state index contributed by atoms with van der Waals surface area (Å²) in [5.41, 5.74) is -2.10. The number of benzene rings is 1. The summed E-state index contributed by atoms with van der Waals surface area (Å²) in [7, 11) is 0. The Kier molecular flexibility index (Phi) is 10.8. The van der Waals surface area contributed by atoms with Gasteiger partial charge in [0.2, 0.25) is 0 Å². The normalized spacial score (nSPS) is 14.0. The van der Waals surface area contributed by atoms with Gasteiger partial charge in [-0.3, -0.25) is 0 Å². The number of carbonyl (C=O) groups excluding carboxylic acids is 1. The molecule has 0 aromatic heterocycles. The van der Waals surface area contributed by atoms with Crippen molar-refractivity contribution in [3.05, 3.63) is 29.3 Å². The van der Waals surface area contributed by atoms with Gasteiger partial charge in [0, 0.05) is 0 Å². The van der Waals surface area contributed by atoms with Crippen LogP contribution in [0.5, 0.6) is 5.75 Å². The average Bonchev–Trinajstić information content (AvgIpc) is 2.67. The van der Waals surface area contributed by atoms with Crippen molar-refractivity contribution in [2.24, 2.45) is 0 Å². The number of hydrogen-bond acceptors (Lipinski definition) is 4. The van der Waals surface area contributed by atoms with E-state index in [1.54, 1.807) is 33.8 Å². The van der Waals surface area contributed by atoms with Gasteiger partial charge in [-0.1, -0.05) is 38.7 Å². The van der Waals surface area contributed by atoms with Crippen molar-refractivity contribution in [3.8, 4) is 5.75 Å². The summed E-state index contributed by atoms with van der Waals surface area (Å²) in [6.45, 7) is 8.75. The Morgan fingerprint density at radius 1 is 1.06 bits per heavy atom. The summed E-state index contributed by atoms with van der Waals surface area (Å²) in [6, 6.07) is 4.02. The van der Waals surface area contributed by atoms with E-state index >= 15 is 0 Å². The second kappa shape index (κ2) is 12.3. The minimum absolute atomic E-state index is 0.173. The van der Waals surface area contributed by atoms with Crippen molar-refractivity contribution in [1.82, 2.24) is 5.32 Å². The molecule has 0 heterocycles. The highest BCUT2D eigenvalue weighted by Crippen LogP contribution is 2.37. The van der Waals surface area contributed by atoms with Gasteiger partial charge in [0.25, 0.3) is 0 Å². The van der Waals surface area contributed by atoms with Crippen molar-refractivity contribution in [1.29, 1.82) is 0 Å². The Morgan fingerprint density at radius 3 is 2.28 bits per heavy atom. The molecule has 0 radical (unpaired) electrons. The van der Waals surface area contributed by atoms with Crippen LogP contribution in [-0.4, -0.2) is 35.6 Å². The van der Waals surface area contributed by atoms with Crippen LogP contribution in [0, 0.1) is 0 Å². The molecule has 0 aliphatic rings. The van der Waals surface area contributed by atoms with Gasteiger partial charge in [-0.05, 0) is 64.7 Å². The molecule has 8 heteroatoms. The van der Waals surface area contributed by atoms with Gasteiger partial charge in [-0.15, -0.1) is 0 Å². The van der Waals surface area contributed by atoms with Gasteiger partial charge in [0.15, 0.2) is 0 Å². The molecule has 1 aromatic rings. The van der Waals surface area contributed by atoms with Gasteiger partial charge < -0.3 is 19.9 Å². The zero-order chi connectivity index (χ0) is 24.4. The molecule has 0 unspecified atom stereocenters. The Balaban J connectivity index is 2.80. The summed E-state index contributed by atoms with van der Waals surface area (Å²) in [5.74, 6) is -0.173. The molecular weight excluding hydrogens is 423 g/mol. The second-order valence-electron chi connectivity index (χ2n) is 9.44. The van der Waals surface area contributed by atoms with Crippen molar-refractivity contribution < 1.29 is 32.5 Å². The molecule has 184 valence electrons. The highest BCUT2D eigenvalue weighted by Gasteiger charge is 2.35. The number of alkyl carbamates (subject to hydrolysis) is 1. The molecule has 0 fully saturated rings. The van der Waals surface area contributed by atoms with Crippen LogP contribution in [0.25, 0.3) is 0 Å². The van der Waals surface area contributed by atoms with E-state index in [1.807, 2.05) is 0 Å². The van der Waals surface area contributed by atoms with E-state index < -0.39 is 29.0 Å². The first-order valence-corrected chi connectivity index (χ1v) is 11.2. The van der Waals surface area contributed by atoms with Crippen molar-refractivity contribution >= 4 is 6.09 Å². The van der Waals surface area contributed by atoms with Crippen LogP contribution in [0.2, 0.25) is 0 Å². The number of carbonyl (C=O) groups is 1. The molecule has 2 N–H and O–H groups in total. The monoisotopic (exact) mass is 461 g/mol. The first-order chi connectivity index (χ1) is 14.8. The number of amides is 1. The summed E-state index contributed by atoms with van der Waals surface area (Å²) >= 11 is 0. The molecular formula is C24H38F3NO4. The molecule has 0 spiro atoms. The van der Waals surface area contributed by atoms with E-state index in [1.165, 1.54) is 6.07 Å². The lowest BCUT2D eigenvalue weighted by Gasteiger charge is -2.30. The summed E-state index contributed by atoms with van der Waals surface area (Å²) < 4.78 is 51.4. The van der Waals surface area contributed by atoms with Crippen LogP contribution in [0.3, 0.4) is 0 Å². The van der Waals surface area contributed by atoms with Crippen LogP contribution in [0.1, 0.15) is 84.3 Å². The molecule has 0 saturated carbocycles. The number of ether oxygens (including phenoxy) is 2. The molecule has 0 aliphatic heterocycles. The Morgan fingerprint density at radius 2 is 1.72 bits per heavy atom. The lowest BCUT2D eigenvalue weighted by molar-refractivity contribution is -0.139. The number of aliphatic hydroxyl groups is 1. The van der Waals surface area contributed by atoms with Crippen molar-refractivity contribution in [2.75, 3.05) is 13.2 Å². The first kappa shape index (κ1) is 28.1. The molecule has 32 heavy (non-hydrogen) atoms. The van der Waals surface area contributed by atoms with Crippen LogP contribution in [0.15, 0.2) is 18.2 Å². The second-order valence-corrected chi connectivity index (χ2v) is 9.44. The Bertz CT molecular complexity index is 716. The molecule has 1 atom stereocenters. The minimum atomic E-state index is -4.54. The summed E-state index contributed by atoms with van der Waals surface area (Å²) in [6.07, 6.45) is 0.135. The third kappa shape index (κ3) is 10.6. The lowest BCUT2D eigenvalue weighted by Crippen LogP contribution is -2.50. The zero-order valence-electron chi connectivity index (χ0n) is 19.9. The Hall–Kier alpha value is -1.96. The number of halogens is 3. The van der Waals surface area contributed by atoms with Crippen LogP contribution >= 0.6 is 0 Å². The smallest absolute Gasteiger partial charge is 0.419 e. The van der Waals surface area contributed by atoms with E-state index in [-0.39, 0.29) is 31.8 Å². The number of alkyl halides is 3. The Labute approximate surface area is 189 Å². The minimum Gasteiger partial charge on any atom is -0.493 e. The highest BCUT2D eigenvalue weighted by atomic mass is 19.4. The molecule has 1 amide bonds. The van der Waals surface area contributed by atoms with Crippen molar-refractivity contribution in [3.63, 3.8) is 0 Å². The van der Waals surface area contributed by atoms with Crippen LogP contribution < -0.4 is 10.1 Å². The fourth-order valence-electron chi connectivity index (χ4n) is 3.12. The quantitative estimate of drug-likeness (QED) is 0.360. The van der Waals surface area contributed by atoms with Crippen LogP contribution in [-0.2, 0) is 17.3 Å². The SMILES string of the molecule is CCCCCCCOc1ccc(CC[C@@](C)(CO)NC(=O)OC(C)(C)C)cc1C(F)(F)F. The summed E-state index contributed by atoms with van der Waals surface area (Å²) in [4.78, 5) is 12.0. The maximum absolute atomic E-state index is 13.6. The fourth-order valence-corrected chi connectivity index (χ4v) is 3.12. The highest BCUT2D eigenvalue weighted by molar-refractivity contribution is 5.68. The largest absolute Gasteiger partial charge is 0.493 e. The van der Waals surface area contributed by atoms with E-state index in [0.717, 1.165) is 31.7 Å². The van der Waals surface area contributed by atoms with Gasteiger partial charge in [-0.2, -0.15) is 13.2 Å². The van der Waals surface area contributed by atoms with E-state index in [2.05, 4.69) is 12.2 Å². The predicted molar refractivity (Wildman–Crippen MR) is 119 cm³/mol. The molecule has 0 aliphatic carbocycles. The van der Waals surface area contributed by atoms with Crippen molar-refractivity contribution in [2.45, 2.75) is 96.9 Å². The first-order valence-electron chi connectivity index (χ1n) is 11.2. The molecule has 1 aromatic carbocycles. The van der Waals surface area contributed by atoms with Gasteiger partial charge in [0.05, 0.1) is 24.3 Å².